The van der Waals surface area contributed by atoms with Crippen molar-refractivity contribution in [2.45, 2.75) is 32.6 Å². The van der Waals surface area contributed by atoms with Gasteiger partial charge in [-0.2, -0.15) is 4.98 Å². The van der Waals surface area contributed by atoms with Gasteiger partial charge in [0.25, 0.3) is 0 Å². The molecule has 3 aromatic rings. The lowest BCUT2D eigenvalue weighted by Gasteiger charge is -2.35. The number of benzene rings is 1. The van der Waals surface area contributed by atoms with E-state index in [0.717, 1.165) is 49.9 Å². The second-order valence-electron chi connectivity index (χ2n) is 8.65. The number of likely N-dealkylation sites (N-methyl/N-ethyl adjacent to an activating group) is 1. The fourth-order valence-electron chi connectivity index (χ4n) is 4.56. The van der Waals surface area contributed by atoms with Gasteiger partial charge in [-0.05, 0) is 37.7 Å². The van der Waals surface area contributed by atoms with Crippen molar-refractivity contribution in [3.8, 4) is 0 Å². The molecule has 1 atom stereocenters. The molecule has 0 spiro atoms. The first-order valence-corrected chi connectivity index (χ1v) is 11.4. The fourth-order valence-corrected chi connectivity index (χ4v) is 4.56. The summed E-state index contributed by atoms with van der Waals surface area (Å²) in [6, 6.07) is 12.0. The highest BCUT2D eigenvalue weighted by Crippen LogP contribution is 2.36. The number of furan rings is 1. The number of fused-ring (bicyclic) bond motifs is 1. The highest BCUT2D eigenvalue weighted by Gasteiger charge is 2.33. The van der Waals surface area contributed by atoms with Crippen molar-refractivity contribution in [3.63, 3.8) is 0 Å². The SMILES string of the molecule is CCN1CCN(c2nc3c(c(Nc4ccc(C)cc4)n2)C(=O)CC(c2ccco2)C3)CC1. The van der Waals surface area contributed by atoms with Crippen molar-refractivity contribution in [1.82, 2.24) is 14.9 Å². The molecule has 1 N–H and O–H groups in total. The predicted molar refractivity (Wildman–Crippen MR) is 125 cm³/mol. The number of Topliss-reactive ketones (excluding diaryl/α,β-unsaturated/α-hetero) is 1. The van der Waals surface area contributed by atoms with Gasteiger partial charge in [0.05, 0.1) is 17.5 Å². The lowest BCUT2D eigenvalue weighted by Crippen LogP contribution is -2.47. The summed E-state index contributed by atoms with van der Waals surface area (Å²) in [5.74, 6) is 2.21. The first kappa shape index (κ1) is 20.7. The molecule has 166 valence electrons. The molecule has 1 aliphatic heterocycles. The number of nitrogens with zero attached hydrogens (tertiary/aromatic N) is 4. The van der Waals surface area contributed by atoms with Crippen LogP contribution in [0, 0.1) is 6.92 Å². The van der Waals surface area contributed by atoms with Gasteiger partial charge in [0.2, 0.25) is 5.95 Å². The van der Waals surface area contributed by atoms with Crippen LogP contribution in [0.25, 0.3) is 0 Å². The fraction of sp³-hybridized carbons (Fsp3) is 0.400. The van der Waals surface area contributed by atoms with Crippen molar-refractivity contribution in [2.24, 2.45) is 0 Å². The molecule has 1 aromatic carbocycles. The van der Waals surface area contributed by atoms with Gasteiger partial charge in [-0.3, -0.25) is 4.79 Å². The highest BCUT2D eigenvalue weighted by atomic mass is 16.3. The molecule has 1 unspecified atom stereocenters. The Bertz CT molecular complexity index is 1090. The summed E-state index contributed by atoms with van der Waals surface area (Å²) in [6.45, 7) is 9.05. The first-order chi connectivity index (χ1) is 15.6. The van der Waals surface area contributed by atoms with E-state index in [1.165, 1.54) is 5.56 Å². The van der Waals surface area contributed by atoms with E-state index in [9.17, 15) is 4.79 Å². The van der Waals surface area contributed by atoms with Gasteiger partial charge in [-0.1, -0.05) is 24.6 Å². The third-order valence-electron chi connectivity index (χ3n) is 6.48. The number of aryl methyl sites for hydroxylation is 1. The van der Waals surface area contributed by atoms with Crippen LogP contribution in [0.4, 0.5) is 17.5 Å². The molecule has 0 amide bonds. The predicted octanol–water partition coefficient (Wildman–Crippen LogP) is 4.18. The van der Waals surface area contributed by atoms with Gasteiger partial charge < -0.3 is 19.5 Å². The van der Waals surface area contributed by atoms with E-state index in [0.29, 0.717) is 30.2 Å². The van der Waals surface area contributed by atoms with Crippen LogP contribution in [0.5, 0.6) is 0 Å². The van der Waals surface area contributed by atoms with Gasteiger partial charge in [0.15, 0.2) is 5.78 Å². The van der Waals surface area contributed by atoms with E-state index in [1.807, 2.05) is 24.3 Å². The number of aromatic nitrogens is 2. The number of carbonyl (C=O) groups excluding carboxylic acids is 1. The molecule has 0 bridgehead atoms. The smallest absolute Gasteiger partial charge is 0.227 e. The minimum Gasteiger partial charge on any atom is -0.469 e. The van der Waals surface area contributed by atoms with E-state index in [4.69, 9.17) is 14.4 Å². The standard InChI is InChI=1S/C25H29N5O2/c1-3-29-10-12-30(13-11-29)25-27-20-15-18(22-5-4-14-32-22)16-21(31)23(20)24(28-25)26-19-8-6-17(2)7-9-19/h4-9,14,18H,3,10-13,15-16H2,1-2H3,(H,26,27,28). The van der Waals surface area contributed by atoms with E-state index in [1.54, 1.807) is 6.26 Å². The van der Waals surface area contributed by atoms with E-state index < -0.39 is 0 Å². The summed E-state index contributed by atoms with van der Waals surface area (Å²) in [5.41, 5.74) is 3.52. The average molecular weight is 432 g/mol. The zero-order valence-corrected chi connectivity index (χ0v) is 18.7. The Balaban J connectivity index is 1.52. The topological polar surface area (TPSA) is 74.5 Å². The molecule has 7 heteroatoms. The third kappa shape index (κ3) is 4.12. The van der Waals surface area contributed by atoms with Crippen LogP contribution in [-0.4, -0.2) is 53.4 Å². The van der Waals surface area contributed by atoms with Crippen LogP contribution in [0.2, 0.25) is 0 Å². The molecule has 32 heavy (non-hydrogen) atoms. The number of hydrogen-bond donors (Lipinski definition) is 1. The maximum Gasteiger partial charge on any atom is 0.227 e. The number of nitrogens with one attached hydrogen (secondary N) is 1. The van der Waals surface area contributed by atoms with Crippen molar-refractivity contribution < 1.29 is 9.21 Å². The molecule has 3 heterocycles. The molecule has 1 aliphatic carbocycles. The zero-order chi connectivity index (χ0) is 22.1. The number of rotatable bonds is 5. The summed E-state index contributed by atoms with van der Waals surface area (Å²) >= 11 is 0. The maximum atomic E-state index is 13.2. The average Bonchev–Trinajstić information content (AvgIpc) is 3.35. The van der Waals surface area contributed by atoms with E-state index in [-0.39, 0.29) is 11.7 Å². The first-order valence-electron chi connectivity index (χ1n) is 11.4. The summed E-state index contributed by atoms with van der Waals surface area (Å²) < 4.78 is 5.62. The normalized spacial score (nSPS) is 19.1. The number of carbonyl (C=O) groups is 1. The van der Waals surface area contributed by atoms with Gasteiger partial charge in [0, 0.05) is 50.6 Å². The Hall–Kier alpha value is -3.19. The molecular formula is C25H29N5O2. The van der Waals surface area contributed by atoms with Gasteiger partial charge in [0.1, 0.15) is 11.6 Å². The molecule has 5 rings (SSSR count). The zero-order valence-electron chi connectivity index (χ0n) is 18.7. The Morgan fingerprint density at radius 1 is 1.06 bits per heavy atom. The van der Waals surface area contributed by atoms with Gasteiger partial charge in [-0.25, -0.2) is 4.98 Å². The minimum absolute atomic E-state index is 0.0110. The van der Waals surface area contributed by atoms with Gasteiger partial charge >= 0.3 is 0 Å². The van der Waals surface area contributed by atoms with Crippen molar-refractivity contribution in [3.05, 3.63) is 65.2 Å². The summed E-state index contributed by atoms with van der Waals surface area (Å²) in [7, 11) is 0. The van der Waals surface area contributed by atoms with Crippen LogP contribution >= 0.6 is 0 Å². The third-order valence-corrected chi connectivity index (χ3v) is 6.48. The largest absolute Gasteiger partial charge is 0.469 e. The van der Waals surface area contributed by atoms with E-state index in [2.05, 4.69) is 41.1 Å². The summed E-state index contributed by atoms with van der Waals surface area (Å²) in [5, 5.41) is 3.41. The molecule has 1 saturated heterocycles. The van der Waals surface area contributed by atoms with Crippen molar-refractivity contribution in [2.75, 3.05) is 42.9 Å². The lowest BCUT2D eigenvalue weighted by atomic mass is 9.84. The Morgan fingerprint density at radius 2 is 1.84 bits per heavy atom. The Labute approximate surface area is 188 Å². The second kappa shape index (κ2) is 8.74. The molecule has 7 nitrogen and oxygen atoms in total. The van der Waals surface area contributed by atoms with E-state index >= 15 is 0 Å². The monoisotopic (exact) mass is 431 g/mol. The van der Waals surface area contributed by atoms with Crippen LogP contribution in [0.1, 0.15) is 46.6 Å². The highest BCUT2D eigenvalue weighted by molar-refractivity contribution is 6.03. The number of ketones is 1. The quantitative estimate of drug-likeness (QED) is 0.650. The molecule has 0 saturated carbocycles. The van der Waals surface area contributed by atoms with Crippen LogP contribution in [0.15, 0.2) is 47.1 Å². The van der Waals surface area contributed by atoms with Crippen LogP contribution in [-0.2, 0) is 6.42 Å². The van der Waals surface area contributed by atoms with Crippen LogP contribution in [0.3, 0.4) is 0 Å². The maximum absolute atomic E-state index is 13.2. The van der Waals surface area contributed by atoms with Crippen molar-refractivity contribution in [1.29, 1.82) is 0 Å². The lowest BCUT2D eigenvalue weighted by molar-refractivity contribution is 0.0959. The molecule has 1 fully saturated rings. The van der Waals surface area contributed by atoms with Crippen molar-refractivity contribution >= 4 is 23.2 Å². The number of hydrogen-bond acceptors (Lipinski definition) is 7. The Kier molecular flexibility index (Phi) is 5.66. The summed E-state index contributed by atoms with van der Waals surface area (Å²) in [4.78, 5) is 27.7. The molecular weight excluding hydrogens is 402 g/mol. The number of piperazine rings is 1. The Morgan fingerprint density at radius 3 is 2.53 bits per heavy atom. The van der Waals surface area contributed by atoms with Crippen LogP contribution < -0.4 is 10.2 Å². The minimum atomic E-state index is 0.0110. The number of anilines is 3. The van der Waals surface area contributed by atoms with Gasteiger partial charge in [-0.15, -0.1) is 0 Å². The summed E-state index contributed by atoms with van der Waals surface area (Å²) in [6.07, 6.45) is 2.74. The molecule has 0 radical (unpaired) electrons. The second-order valence-corrected chi connectivity index (χ2v) is 8.65. The molecule has 2 aromatic heterocycles. The molecule has 2 aliphatic rings.